The lowest BCUT2D eigenvalue weighted by molar-refractivity contribution is 0.102. The minimum Gasteiger partial charge on any atom is -0.379 e. The van der Waals surface area contributed by atoms with Gasteiger partial charge in [-0.15, -0.1) is 0 Å². The Bertz CT molecular complexity index is 1220. The number of hydrogen-bond acceptors (Lipinski definition) is 4. The molecule has 0 aliphatic heterocycles. The van der Waals surface area contributed by atoms with Gasteiger partial charge < -0.3 is 15.6 Å². The lowest BCUT2D eigenvalue weighted by atomic mass is 10.2. The highest BCUT2D eigenvalue weighted by Gasteiger charge is 2.11. The smallest absolute Gasteiger partial charge is 0.256 e. The van der Waals surface area contributed by atoms with Crippen molar-refractivity contribution >= 4 is 44.2 Å². The third-order valence-electron chi connectivity index (χ3n) is 4.40. The van der Waals surface area contributed by atoms with Crippen LogP contribution in [0.1, 0.15) is 21.6 Å². The number of benzene rings is 2. The van der Waals surface area contributed by atoms with E-state index in [1.165, 1.54) is 0 Å². The van der Waals surface area contributed by atoms with E-state index in [4.69, 9.17) is 5.26 Å². The molecule has 0 atom stereocenters. The summed E-state index contributed by atoms with van der Waals surface area (Å²) in [5.41, 5.74) is 4.46. The Balaban J connectivity index is 1.46. The van der Waals surface area contributed by atoms with Crippen molar-refractivity contribution in [3.8, 4) is 6.07 Å². The van der Waals surface area contributed by atoms with Gasteiger partial charge in [0.15, 0.2) is 0 Å². The molecule has 0 saturated heterocycles. The predicted octanol–water partition coefficient (Wildman–Crippen LogP) is 5.06. The SMILES string of the molecule is N#Cc1ccc(NCc2cc3cc(NC(=O)c4ccccc4Br)cnc3[nH]2)cc1. The van der Waals surface area contributed by atoms with Gasteiger partial charge in [0.05, 0.1) is 35.6 Å². The second-order valence-electron chi connectivity index (χ2n) is 6.43. The van der Waals surface area contributed by atoms with E-state index in [0.29, 0.717) is 23.4 Å². The van der Waals surface area contributed by atoms with Crippen LogP contribution < -0.4 is 10.6 Å². The Labute approximate surface area is 175 Å². The number of amides is 1. The van der Waals surface area contributed by atoms with Crippen LogP contribution >= 0.6 is 15.9 Å². The van der Waals surface area contributed by atoms with Crippen molar-refractivity contribution in [2.24, 2.45) is 0 Å². The first-order valence-corrected chi connectivity index (χ1v) is 9.69. The molecule has 6 nitrogen and oxygen atoms in total. The fourth-order valence-electron chi connectivity index (χ4n) is 2.94. The molecule has 3 N–H and O–H groups in total. The Morgan fingerprint density at radius 3 is 2.66 bits per heavy atom. The number of H-pyrrole nitrogens is 1. The zero-order valence-corrected chi connectivity index (χ0v) is 16.8. The van der Waals surface area contributed by atoms with Gasteiger partial charge in [0.1, 0.15) is 5.65 Å². The molecule has 0 unspecified atom stereocenters. The lowest BCUT2D eigenvalue weighted by Crippen LogP contribution is -2.12. The second-order valence-corrected chi connectivity index (χ2v) is 7.29. The maximum Gasteiger partial charge on any atom is 0.256 e. The van der Waals surface area contributed by atoms with E-state index in [1.54, 1.807) is 24.4 Å². The highest BCUT2D eigenvalue weighted by Crippen LogP contribution is 2.21. The van der Waals surface area contributed by atoms with E-state index in [9.17, 15) is 4.79 Å². The number of pyridine rings is 1. The van der Waals surface area contributed by atoms with Crippen LogP contribution in [-0.4, -0.2) is 15.9 Å². The van der Waals surface area contributed by atoms with Gasteiger partial charge in [-0.2, -0.15) is 5.26 Å². The molecule has 0 saturated carbocycles. The number of rotatable bonds is 5. The van der Waals surface area contributed by atoms with Crippen LogP contribution in [0.3, 0.4) is 0 Å². The minimum absolute atomic E-state index is 0.197. The molecule has 0 spiro atoms. The monoisotopic (exact) mass is 445 g/mol. The van der Waals surface area contributed by atoms with Gasteiger partial charge in [-0.3, -0.25) is 4.79 Å². The predicted molar refractivity (Wildman–Crippen MR) is 117 cm³/mol. The first-order valence-electron chi connectivity index (χ1n) is 8.90. The second kappa shape index (κ2) is 8.17. The first-order chi connectivity index (χ1) is 14.1. The van der Waals surface area contributed by atoms with Crippen molar-refractivity contribution in [3.05, 3.63) is 88.2 Å². The number of nitriles is 1. The number of nitrogens with one attached hydrogen (secondary N) is 3. The summed E-state index contributed by atoms with van der Waals surface area (Å²) in [4.78, 5) is 20.1. The van der Waals surface area contributed by atoms with Crippen LogP contribution in [0.25, 0.3) is 11.0 Å². The van der Waals surface area contributed by atoms with Crippen LogP contribution in [0, 0.1) is 11.3 Å². The van der Waals surface area contributed by atoms with Crippen molar-refractivity contribution in [2.45, 2.75) is 6.54 Å². The highest BCUT2D eigenvalue weighted by atomic mass is 79.9. The van der Waals surface area contributed by atoms with Crippen LogP contribution in [0.4, 0.5) is 11.4 Å². The number of anilines is 2. The molecule has 4 aromatic rings. The molecule has 0 aliphatic carbocycles. The highest BCUT2D eigenvalue weighted by molar-refractivity contribution is 9.10. The largest absolute Gasteiger partial charge is 0.379 e. The standard InChI is InChI=1S/C22H16BrN5O/c23-20-4-2-1-3-19(20)22(29)28-18-10-15-9-17(27-21(15)26-13-18)12-25-16-7-5-14(11-24)6-8-16/h1-10,13,25H,12H2,(H,26,27)(H,28,29). The molecule has 29 heavy (non-hydrogen) atoms. The van der Waals surface area contributed by atoms with E-state index < -0.39 is 0 Å². The number of nitrogens with zero attached hydrogens (tertiary/aromatic N) is 2. The fraction of sp³-hybridized carbons (Fsp3) is 0.0455. The van der Waals surface area contributed by atoms with Crippen LogP contribution in [0.5, 0.6) is 0 Å². The third-order valence-corrected chi connectivity index (χ3v) is 5.09. The van der Waals surface area contributed by atoms with Gasteiger partial charge in [-0.1, -0.05) is 12.1 Å². The van der Waals surface area contributed by atoms with Crippen molar-refractivity contribution in [1.29, 1.82) is 5.26 Å². The summed E-state index contributed by atoms with van der Waals surface area (Å²) in [5, 5.41) is 16.0. The van der Waals surface area contributed by atoms with Gasteiger partial charge in [-0.25, -0.2) is 4.98 Å². The molecular formula is C22H16BrN5O. The molecule has 2 heterocycles. The normalized spacial score (nSPS) is 10.5. The molecule has 4 rings (SSSR count). The molecule has 0 radical (unpaired) electrons. The zero-order valence-electron chi connectivity index (χ0n) is 15.2. The molecule has 0 bridgehead atoms. The Morgan fingerprint density at radius 2 is 1.90 bits per heavy atom. The van der Waals surface area contributed by atoms with E-state index in [0.717, 1.165) is 26.9 Å². The molecule has 0 fully saturated rings. The fourth-order valence-corrected chi connectivity index (χ4v) is 3.40. The topological polar surface area (TPSA) is 93.6 Å². The minimum atomic E-state index is -0.197. The summed E-state index contributed by atoms with van der Waals surface area (Å²) in [6.45, 7) is 0.584. The third kappa shape index (κ3) is 4.28. The number of aromatic nitrogens is 2. The molecule has 142 valence electrons. The first kappa shape index (κ1) is 18.7. The van der Waals surface area contributed by atoms with Crippen molar-refractivity contribution < 1.29 is 4.79 Å². The van der Waals surface area contributed by atoms with Gasteiger partial charge in [-0.05, 0) is 64.5 Å². The number of halogens is 1. The number of carbonyl (C=O) groups excluding carboxylic acids is 1. The van der Waals surface area contributed by atoms with E-state index in [-0.39, 0.29) is 5.91 Å². The summed E-state index contributed by atoms with van der Waals surface area (Å²) >= 11 is 3.39. The zero-order chi connectivity index (χ0) is 20.2. The maximum absolute atomic E-state index is 12.5. The molecule has 0 aliphatic rings. The van der Waals surface area contributed by atoms with Crippen molar-refractivity contribution in [2.75, 3.05) is 10.6 Å². The Morgan fingerprint density at radius 1 is 1.10 bits per heavy atom. The van der Waals surface area contributed by atoms with Crippen LogP contribution in [0.15, 0.2) is 71.3 Å². The molecule has 2 aromatic heterocycles. The van der Waals surface area contributed by atoms with Gasteiger partial charge in [0.2, 0.25) is 0 Å². The lowest BCUT2D eigenvalue weighted by Gasteiger charge is -2.06. The molecule has 1 amide bonds. The summed E-state index contributed by atoms with van der Waals surface area (Å²) < 4.78 is 0.740. The van der Waals surface area contributed by atoms with Crippen molar-refractivity contribution in [1.82, 2.24) is 9.97 Å². The van der Waals surface area contributed by atoms with Crippen LogP contribution in [0.2, 0.25) is 0 Å². The number of fused-ring (bicyclic) bond motifs is 1. The summed E-state index contributed by atoms with van der Waals surface area (Å²) in [6.07, 6.45) is 1.63. The van der Waals surface area contributed by atoms with Crippen LogP contribution in [-0.2, 0) is 6.54 Å². The molecule has 7 heteroatoms. The molecule has 2 aromatic carbocycles. The average molecular weight is 446 g/mol. The molecular weight excluding hydrogens is 430 g/mol. The Kier molecular flexibility index (Phi) is 5.27. The van der Waals surface area contributed by atoms with Gasteiger partial charge in [0.25, 0.3) is 5.91 Å². The van der Waals surface area contributed by atoms with E-state index >= 15 is 0 Å². The van der Waals surface area contributed by atoms with Gasteiger partial charge >= 0.3 is 0 Å². The summed E-state index contributed by atoms with van der Waals surface area (Å²) in [7, 11) is 0. The van der Waals surface area contributed by atoms with Gasteiger partial charge in [0, 0.05) is 21.2 Å². The summed E-state index contributed by atoms with van der Waals surface area (Å²) in [5.74, 6) is -0.197. The maximum atomic E-state index is 12.5. The number of carbonyl (C=O) groups is 1. The van der Waals surface area contributed by atoms with E-state index in [2.05, 4.69) is 42.6 Å². The van der Waals surface area contributed by atoms with E-state index in [1.807, 2.05) is 42.5 Å². The van der Waals surface area contributed by atoms with Crippen molar-refractivity contribution in [3.63, 3.8) is 0 Å². The number of hydrogen-bond donors (Lipinski definition) is 3. The number of aromatic amines is 1. The Hall–Kier alpha value is -3.63. The average Bonchev–Trinajstić information content (AvgIpc) is 3.15. The quantitative estimate of drug-likeness (QED) is 0.400. The summed E-state index contributed by atoms with van der Waals surface area (Å²) in [6, 6.07) is 20.5.